The molecule has 0 radical (unpaired) electrons. The van der Waals surface area contributed by atoms with Crippen LogP contribution in [-0.2, 0) is 12.0 Å². The summed E-state index contributed by atoms with van der Waals surface area (Å²) in [6, 6.07) is 9.10. The zero-order valence-corrected chi connectivity index (χ0v) is 15.1. The van der Waals surface area contributed by atoms with Gasteiger partial charge >= 0.3 is 0 Å². The molecule has 0 heterocycles. The second-order valence-corrected chi connectivity index (χ2v) is 7.07. The highest BCUT2D eigenvalue weighted by molar-refractivity contribution is 5.80. The summed E-state index contributed by atoms with van der Waals surface area (Å²) in [7, 11) is 0. The van der Waals surface area contributed by atoms with Gasteiger partial charge in [-0.25, -0.2) is 0 Å². The topological polar surface area (TPSA) is 60.7 Å². The number of rotatable bonds is 6. The van der Waals surface area contributed by atoms with Crippen molar-refractivity contribution >= 4 is 0 Å². The lowest BCUT2D eigenvalue weighted by molar-refractivity contribution is 0.0792. The van der Waals surface area contributed by atoms with Crippen LogP contribution in [0.1, 0.15) is 56.7 Å². The first kappa shape index (κ1) is 18.3. The minimum Gasteiger partial charge on any atom is -0.507 e. The molecule has 3 N–H and O–H groups in total. The van der Waals surface area contributed by atoms with Crippen LogP contribution < -0.4 is 0 Å². The van der Waals surface area contributed by atoms with Gasteiger partial charge in [0.2, 0.25) is 0 Å². The Kier molecular flexibility index (Phi) is 5.55. The summed E-state index contributed by atoms with van der Waals surface area (Å²) in [5, 5.41) is 31.5. The molecule has 0 unspecified atom stereocenters. The van der Waals surface area contributed by atoms with Crippen molar-refractivity contribution < 1.29 is 15.3 Å². The van der Waals surface area contributed by atoms with Gasteiger partial charge in [-0.2, -0.15) is 0 Å². The Morgan fingerprint density at radius 1 is 0.958 bits per heavy atom. The maximum atomic E-state index is 10.5. The van der Waals surface area contributed by atoms with Crippen molar-refractivity contribution in [2.45, 2.75) is 59.0 Å². The van der Waals surface area contributed by atoms with Crippen molar-refractivity contribution in [3.8, 4) is 22.6 Å². The molecule has 0 bridgehead atoms. The maximum Gasteiger partial charge on any atom is 0.127 e. The van der Waals surface area contributed by atoms with E-state index in [-0.39, 0.29) is 11.5 Å². The lowest BCUT2D eigenvalue weighted by atomic mass is 9.87. The SMILES string of the molecule is CCCCCc1cc(O)c(-c2cc(C)ccc2C(C)(C)O)c(O)c1. The Bertz CT molecular complexity index is 689. The van der Waals surface area contributed by atoms with Crippen LogP contribution >= 0.6 is 0 Å². The molecule has 0 saturated carbocycles. The molecule has 0 saturated heterocycles. The lowest BCUT2D eigenvalue weighted by Crippen LogP contribution is -2.17. The number of hydrogen-bond donors (Lipinski definition) is 3. The van der Waals surface area contributed by atoms with E-state index in [1.807, 2.05) is 25.1 Å². The fourth-order valence-electron chi connectivity index (χ4n) is 3.07. The first-order valence-electron chi connectivity index (χ1n) is 8.62. The number of benzene rings is 2. The van der Waals surface area contributed by atoms with E-state index >= 15 is 0 Å². The zero-order valence-electron chi connectivity index (χ0n) is 15.1. The van der Waals surface area contributed by atoms with Crippen LogP contribution in [0.25, 0.3) is 11.1 Å². The Balaban J connectivity index is 2.52. The van der Waals surface area contributed by atoms with Crippen molar-refractivity contribution in [3.63, 3.8) is 0 Å². The largest absolute Gasteiger partial charge is 0.507 e. The van der Waals surface area contributed by atoms with Gasteiger partial charge in [-0.05, 0) is 62.4 Å². The average Bonchev–Trinajstić information content (AvgIpc) is 2.45. The minimum absolute atomic E-state index is 0.0533. The molecule has 3 heteroatoms. The third kappa shape index (κ3) is 4.09. The Morgan fingerprint density at radius 2 is 1.58 bits per heavy atom. The molecule has 3 nitrogen and oxygen atoms in total. The van der Waals surface area contributed by atoms with E-state index in [4.69, 9.17) is 0 Å². The van der Waals surface area contributed by atoms with Crippen LogP contribution in [-0.4, -0.2) is 15.3 Å². The molecule has 0 aliphatic heterocycles. The number of unbranched alkanes of at least 4 members (excludes halogenated alkanes) is 2. The van der Waals surface area contributed by atoms with Crippen molar-refractivity contribution in [2.75, 3.05) is 0 Å². The summed E-state index contributed by atoms with van der Waals surface area (Å²) in [6.45, 7) is 7.50. The quantitative estimate of drug-likeness (QED) is 0.652. The number of hydrogen-bond acceptors (Lipinski definition) is 3. The molecule has 130 valence electrons. The minimum atomic E-state index is -1.07. The maximum absolute atomic E-state index is 10.5. The summed E-state index contributed by atoms with van der Waals surface area (Å²) < 4.78 is 0. The lowest BCUT2D eigenvalue weighted by Gasteiger charge is -2.23. The van der Waals surface area contributed by atoms with E-state index in [0.29, 0.717) is 16.7 Å². The van der Waals surface area contributed by atoms with Crippen LogP contribution in [0.15, 0.2) is 30.3 Å². The molecule has 0 aliphatic carbocycles. The van der Waals surface area contributed by atoms with Gasteiger partial charge in [-0.15, -0.1) is 0 Å². The van der Waals surface area contributed by atoms with Crippen LogP contribution in [0.5, 0.6) is 11.5 Å². The molecule has 0 spiro atoms. The third-order valence-electron chi connectivity index (χ3n) is 4.33. The van der Waals surface area contributed by atoms with E-state index in [0.717, 1.165) is 36.8 Å². The Labute approximate surface area is 144 Å². The molecular weight excluding hydrogens is 300 g/mol. The molecule has 0 amide bonds. The van der Waals surface area contributed by atoms with Gasteiger partial charge in [0.25, 0.3) is 0 Å². The summed E-state index contributed by atoms with van der Waals surface area (Å²) in [4.78, 5) is 0. The van der Waals surface area contributed by atoms with E-state index in [1.165, 1.54) is 0 Å². The molecule has 0 atom stereocenters. The zero-order chi connectivity index (χ0) is 17.9. The van der Waals surface area contributed by atoms with Gasteiger partial charge < -0.3 is 15.3 Å². The molecule has 2 aromatic carbocycles. The molecule has 2 rings (SSSR count). The molecular formula is C21H28O3. The highest BCUT2D eigenvalue weighted by atomic mass is 16.3. The van der Waals surface area contributed by atoms with Crippen molar-refractivity contribution in [1.29, 1.82) is 0 Å². The first-order valence-corrected chi connectivity index (χ1v) is 8.62. The van der Waals surface area contributed by atoms with Crippen LogP contribution in [0.3, 0.4) is 0 Å². The normalized spacial score (nSPS) is 11.7. The Hall–Kier alpha value is -2.00. The average molecular weight is 328 g/mol. The van der Waals surface area contributed by atoms with E-state index in [9.17, 15) is 15.3 Å². The smallest absolute Gasteiger partial charge is 0.127 e. The molecule has 24 heavy (non-hydrogen) atoms. The first-order chi connectivity index (χ1) is 11.2. The van der Waals surface area contributed by atoms with Crippen molar-refractivity contribution in [2.24, 2.45) is 0 Å². The predicted octanol–water partition coefficient (Wildman–Crippen LogP) is 5.03. The molecule has 2 aromatic rings. The van der Waals surface area contributed by atoms with Gasteiger partial charge in [0.1, 0.15) is 11.5 Å². The highest BCUT2D eigenvalue weighted by Crippen LogP contribution is 2.43. The molecule has 0 aromatic heterocycles. The number of aromatic hydroxyl groups is 2. The van der Waals surface area contributed by atoms with Gasteiger partial charge in [-0.1, -0.05) is 43.5 Å². The van der Waals surface area contributed by atoms with Crippen molar-refractivity contribution in [1.82, 2.24) is 0 Å². The summed E-state index contributed by atoms with van der Waals surface area (Å²) in [6.07, 6.45) is 4.13. The molecule has 0 fully saturated rings. The number of aryl methyl sites for hydroxylation is 2. The van der Waals surface area contributed by atoms with E-state index in [1.54, 1.807) is 26.0 Å². The Morgan fingerprint density at radius 3 is 2.12 bits per heavy atom. The second-order valence-electron chi connectivity index (χ2n) is 7.07. The fourth-order valence-corrected chi connectivity index (χ4v) is 3.07. The van der Waals surface area contributed by atoms with Crippen LogP contribution in [0.2, 0.25) is 0 Å². The van der Waals surface area contributed by atoms with Crippen molar-refractivity contribution in [3.05, 3.63) is 47.0 Å². The van der Waals surface area contributed by atoms with E-state index in [2.05, 4.69) is 6.92 Å². The third-order valence-corrected chi connectivity index (χ3v) is 4.33. The summed E-state index contributed by atoms with van der Waals surface area (Å²) in [5.41, 5.74) is 2.59. The predicted molar refractivity (Wildman–Crippen MR) is 98.4 cm³/mol. The number of phenolic OH excluding ortho intramolecular Hbond substituents is 2. The fraction of sp³-hybridized carbons (Fsp3) is 0.429. The van der Waals surface area contributed by atoms with Gasteiger partial charge in [0.05, 0.1) is 11.2 Å². The number of aliphatic hydroxyl groups is 1. The number of phenols is 2. The standard InChI is InChI=1S/C21H28O3/c1-5-6-7-8-15-12-18(22)20(19(23)13-15)16-11-14(2)9-10-17(16)21(3,4)24/h9-13,22-24H,5-8H2,1-4H3. The highest BCUT2D eigenvalue weighted by Gasteiger charge is 2.24. The van der Waals surface area contributed by atoms with Crippen LogP contribution in [0.4, 0.5) is 0 Å². The van der Waals surface area contributed by atoms with E-state index < -0.39 is 5.60 Å². The second kappa shape index (κ2) is 7.27. The monoisotopic (exact) mass is 328 g/mol. The van der Waals surface area contributed by atoms with Gasteiger partial charge in [0.15, 0.2) is 0 Å². The summed E-state index contributed by atoms with van der Waals surface area (Å²) in [5.74, 6) is 0.107. The van der Waals surface area contributed by atoms with Gasteiger partial charge in [-0.3, -0.25) is 0 Å². The van der Waals surface area contributed by atoms with Crippen LogP contribution in [0, 0.1) is 6.92 Å². The van der Waals surface area contributed by atoms with Gasteiger partial charge in [0, 0.05) is 0 Å². The summed E-state index contributed by atoms with van der Waals surface area (Å²) >= 11 is 0. The molecule has 0 aliphatic rings.